The van der Waals surface area contributed by atoms with Gasteiger partial charge in [0.15, 0.2) is 0 Å². The third kappa shape index (κ3) is 3.91. The average Bonchev–Trinajstić information content (AvgIpc) is 3.21. The zero-order chi connectivity index (χ0) is 22.0. The lowest BCUT2D eigenvalue weighted by Crippen LogP contribution is -2.46. The fraction of sp³-hybridized carbons (Fsp3) is 0.321. The molecule has 5 rings (SSSR count). The number of piperidine rings is 1. The van der Waals surface area contributed by atoms with Crippen molar-refractivity contribution in [3.8, 4) is 5.75 Å². The lowest BCUT2D eigenvalue weighted by Gasteiger charge is -2.39. The summed E-state index contributed by atoms with van der Waals surface area (Å²) in [6.07, 6.45) is 2.35. The van der Waals surface area contributed by atoms with Crippen molar-refractivity contribution < 1.29 is 9.53 Å². The maximum Gasteiger partial charge on any atom is 0.223 e. The highest BCUT2D eigenvalue weighted by molar-refractivity contribution is 5.78. The molecule has 0 aliphatic carbocycles. The van der Waals surface area contributed by atoms with Crippen LogP contribution in [-0.2, 0) is 16.8 Å². The Bertz CT molecular complexity index is 1030. The van der Waals surface area contributed by atoms with Gasteiger partial charge in [0.25, 0.3) is 0 Å². The number of ether oxygens (including phenoxy) is 1. The molecular formula is C28H30N2O2. The fourth-order valence-electron chi connectivity index (χ4n) is 5.24. The van der Waals surface area contributed by atoms with E-state index in [1.54, 1.807) is 0 Å². The van der Waals surface area contributed by atoms with E-state index in [9.17, 15) is 4.79 Å². The first-order chi connectivity index (χ1) is 15.7. The molecule has 1 amide bonds. The van der Waals surface area contributed by atoms with Crippen molar-refractivity contribution in [2.45, 2.75) is 37.1 Å². The molecule has 1 saturated heterocycles. The Morgan fingerprint density at radius 2 is 1.56 bits per heavy atom. The van der Waals surface area contributed by atoms with Crippen LogP contribution >= 0.6 is 0 Å². The molecule has 2 aliphatic heterocycles. The Morgan fingerprint density at radius 1 is 0.938 bits per heavy atom. The zero-order valence-corrected chi connectivity index (χ0v) is 18.4. The minimum Gasteiger partial charge on any atom is -0.492 e. The van der Waals surface area contributed by atoms with Crippen LogP contribution in [0.15, 0.2) is 78.9 Å². The summed E-state index contributed by atoms with van der Waals surface area (Å²) >= 11 is 0. The molecule has 0 saturated carbocycles. The predicted molar refractivity (Wildman–Crippen MR) is 127 cm³/mol. The molecule has 2 N–H and O–H groups in total. The largest absolute Gasteiger partial charge is 0.492 e. The molecule has 0 bridgehead atoms. The Labute approximate surface area is 190 Å². The molecule has 3 aromatic carbocycles. The van der Waals surface area contributed by atoms with Gasteiger partial charge in [0, 0.05) is 43.0 Å². The number of benzene rings is 3. The molecule has 0 unspecified atom stereocenters. The lowest BCUT2D eigenvalue weighted by atomic mass is 9.74. The van der Waals surface area contributed by atoms with Crippen LogP contribution in [0.1, 0.15) is 47.4 Å². The minimum atomic E-state index is 0.00948. The predicted octanol–water partition coefficient (Wildman–Crippen LogP) is 4.62. The average molecular weight is 427 g/mol. The van der Waals surface area contributed by atoms with Crippen LogP contribution in [-0.4, -0.2) is 30.5 Å². The van der Waals surface area contributed by atoms with E-state index >= 15 is 0 Å². The fourth-order valence-corrected chi connectivity index (χ4v) is 5.24. The van der Waals surface area contributed by atoms with E-state index in [0.717, 1.165) is 37.2 Å². The molecule has 164 valence electrons. The monoisotopic (exact) mass is 426 g/mol. The third-order valence-corrected chi connectivity index (χ3v) is 7.21. The van der Waals surface area contributed by atoms with E-state index < -0.39 is 0 Å². The molecule has 0 radical (unpaired) electrons. The number of amides is 1. The summed E-state index contributed by atoms with van der Waals surface area (Å²) in [6, 6.07) is 27.0. The zero-order valence-electron chi connectivity index (χ0n) is 18.4. The molecule has 1 fully saturated rings. The number of rotatable bonds is 5. The molecule has 1 spiro atoms. The highest BCUT2D eigenvalue weighted by Crippen LogP contribution is 2.46. The van der Waals surface area contributed by atoms with Crippen LogP contribution in [0, 0.1) is 0 Å². The molecule has 0 aromatic heterocycles. The van der Waals surface area contributed by atoms with Crippen molar-refractivity contribution in [3.63, 3.8) is 0 Å². The summed E-state index contributed by atoms with van der Waals surface area (Å²) in [5, 5.41) is 0. The minimum absolute atomic E-state index is 0.00948. The maximum atomic E-state index is 13.4. The van der Waals surface area contributed by atoms with Gasteiger partial charge in [-0.05, 0) is 35.6 Å². The van der Waals surface area contributed by atoms with E-state index in [1.165, 1.54) is 16.7 Å². The number of hydrogen-bond acceptors (Lipinski definition) is 3. The van der Waals surface area contributed by atoms with Gasteiger partial charge < -0.3 is 15.4 Å². The van der Waals surface area contributed by atoms with E-state index in [1.807, 2.05) is 48.5 Å². The number of nitrogens with zero attached hydrogens (tertiary/aromatic N) is 1. The van der Waals surface area contributed by atoms with Crippen molar-refractivity contribution in [2.24, 2.45) is 5.73 Å². The van der Waals surface area contributed by atoms with Crippen LogP contribution in [0.2, 0.25) is 0 Å². The van der Waals surface area contributed by atoms with Crippen molar-refractivity contribution in [1.29, 1.82) is 0 Å². The van der Waals surface area contributed by atoms with Crippen molar-refractivity contribution >= 4 is 5.91 Å². The van der Waals surface area contributed by atoms with E-state index in [0.29, 0.717) is 19.6 Å². The standard InChI is InChI=1S/C28H30N2O2/c29-19-21-11-12-26-25(17-21)28(20-32-26)13-15-30(16-14-28)27(31)18-24(22-7-3-1-4-8-22)23-9-5-2-6-10-23/h1-12,17,24H,13-16,18-20,29H2. The van der Waals surface area contributed by atoms with Gasteiger partial charge in [0.2, 0.25) is 5.91 Å². The molecule has 4 nitrogen and oxygen atoms in total. The highest BCUT2D eigenvalue weighted by atomic mass is 16.5. The number of likely N-dealkylation sites (tertiary alicyclic amines) is 1. The Morgan fingerprint density at radius 3 is 2.16 bits per heavy atom. The third-order valence-electron chi connectivity index (χ3n) is 7.21. The summed E-state index contributed by atoms with van der Waals surface area (Å²) in [4.78, 5) is 15.4. The second-order valence-electron chi connectivity index (χ2n) is 9.06. The second-order valence-corrected chi connectivity index (χ2v) is 9.06. The van der Waals surface area contributed by atoms with Crippen LogP contribution < -0.4 is 10.5 Å². The maximum absolute atomic E-state index is 13.4. The van der Waals surface area contributed by atoms with Crippen molar-refractivity contribution in [2.75, 3.05) is 19.7 Å². The normalized spacial score (nSPS) is 16.8. The molecule has 4 heteroatoms. The first kappa shape index (κ1) is 20.8. The van der Waals surface area contributed by atoms with Gasteiger partial charge in [-0.25, -0.2) is 0 Å². The van der Waals surface area contributed by atoms with Crippen LogP contribution in [0.25, 0.3) is 0 Å². The van der Waals surface area contributed by atoms with Crippen molar-refractivity contribution in [3.05, 3.63) is 101 Å². The topological polar surface area (TPSA) is 55.6 Å². The molecule has 3 aromatic rings. The first-order valence-corrected chi connectivity index (χ1v) is 11.5. The summed E-state index contributed by atoms with van der Waals surface area (Å²) in [5.41, 5.74) is 10.7. The molecule has 32 heavy (non-hydrogen) atoms. The Kier molecular flexibility index (Phi) is 5.71. The number of nitrogens with two attached hydrogens (primary N) is 1. The Hall–Kier alpha value is -3.11. The highest BCUT2D eigenvalue weighted by Gasteiger charge is 2.44. The number of carbonyl (C=O) groups excluding carboxylic acids is 1. The number of carbonyl (C=O) groups is 1. The van der Waals surface area contributed by atoms with Crippen molar-refractivity contribution in [1.82, 2.24) is 4.90 Å². The molecule has 0 atom stereocenters. The smallest absolute Gasteiger partial charge is 0.223 e. The van der Waals surface area contributed by atoms with Crippen LogP contribution in [0.3, 0.4) is 0 Å². The molecular weight excluding hydrogens is 396 g/mol. The van der Waals surface area contributed by atoms with Gasteiger partial charge in [0.05, 0.1) is 6.61 Å². The van der Waals surface area contributed by atoms with Gasteiger partial charge in [-0.3, -0.25) is 4.79 Å². The first-order valence-electron chi connectivity index (χ1n) is 11.5. The van der Waals surface area contributed by atoms with Crippen LogP contribution in [0.4, 0.5) is 0 Å². The van der Waals surface area contributed by atoms with Gasteiger partial charge in [-0.2, -0.15) is 0 Å². The summed E-state index contributed by atoms with van der Waals surface area (Å²) in [5.74, 6) is 1.28. The quantitative estimate of drug-likeness (QED) is 0.648. The summed E-state index contributed by atoms with van der Waals surface area (Å²) < 4.78 is 6.02. The molecule has 2 heterocycles. The summed E-state index contributed by atoms with van der Waals surface area (Å²) in [7, 11) is 0. The van der Waals surface area contributed by atoms with Gasteiger partial charge in [0.1, 0.15) is 5.75 Å². The van der Waals surface area contributed by atoms with Gasteiger partial charge >= 0.3 is 0 Å². The van der Waals surface area contributed by atoms with Gasteiger partial charge in [-0.15, -0.1) is 0 Å². The number of fused-ring (bicyclic) bond motifs is 2. The second kappa shape index (κ2) is 8.79. The summed E-state index contributed by atoms with van der Waals surface area (Å²) in [6.45, 7) is 2.78. The molecule has 2 aliphatic rings. The van der Waals surface area contributed by atoms with E-state index in [4.69, 9.17) is 10.5 Å². The van der Waals surface area contributed by atoms with Gasteiger partial charge in [-0.1, -0.05) is 72.8 Å². The van der Waals surface area contributed by atoms with E-state index in [2.05, 4.69) is 35.2 Å². The van der Waals surface area contributed by atoms with Crippen LogP contribution in [0.5, 0.6) is 5.75 Å². The number of hydrogen-bond donors (Lipinski definition) is 1. The SMILES string of the molecule is NCc1ccc2c(c1)C1(CCN(C(=O)CC(c3ccccc3)c3ccccc3)CC1)CO2. The Balaban J connectivity index is 1.31. The van der Waals surface area contributed by atoms with E-state index in [-0.39, 0.29) is 17.2 Å². The lowest BCUT2D eigenvalue weighted by molar-refractivity contribution is -0.133.